The summed E-state index contributed by atoms with van der Waals surface area (Å²) in [6.07, 6.45) is 26.6. The van der Waals surface area contributed by atoms with Crippen LogP contribution >= 0.6 is 0 Å². The number of aliphatic carboxylic acids is 1. The Bertz CT molecular complexity index is 434. The van der Waals surface area contributed by atoms with Crippen LogP contribution in [0.5, 0.6) is 0 Å². The van der Waals surface area contributed by atoms with E-state index in [2.05, 4.69) is 6.92 Å². The third kappa shape index (κ3) is 28.0. The van der Waals surface area contributed by atoms with Crippen LogP contribution in [0, 0.1) is 0 Å². The number of rotatable bonds is 25. The van der Waals surface area contributed by atoms with Gasteiger partial charge in [0.1, 0.15) is 6.04 Å². The van der Waals surface area contributed by atoms with Crippen LogP contribution in [0.4, 0.5) is 0 Å². The molecule has 0 amide bonds. The molecule has 0 rings (SSSR count). The number of ether oxygens (including phenoxy) is 1. The van der Waals surface area contributed by atoms with Crippen LogP contribution in [0.1, 0.15) is 148 Å². The zero-order valence-corrected chi connectivity index (χ0v) is 24.1. The molecule has 2 N–H and O–H groups in total. The topological polar surface area (TPSA) is 92.5 Å². The van der Waals surface area contributed by atoms with E-state index >= 15 is 0 Å². The number of carbonyl (C=O) groups is 2. The molecule has 0 saturated carbocycles. The maximum Gasteiger partial charge on any atom is 1.00 e. The Hall–Kier alpha value is -0.100. The van der Waals surface area contributed by atoms with Gasteiger partial charge in [-0.3, -0.25) is 4.79 Å². The van der Waals surface area contributed by atoms with E-state index in [1.54, 1.807) is 0 Å². The molecule has 190 valence electrons. The molecular formula is C27H52NNaO4. The number of carbonyl (C=O) groups excluding carboxylic acids is 2. The second-order valence-corrected chi connectivity index (χ2v) is 9.40. The molecule has 0 unspecified atom stereocenters. The molecule has 0 saturated heterocycles. The minimum absolute atomic E-state index is 0. The SMILES string of the molecule is CCCCCCCCCCCCCCCCCCCCCCOC(=O)[C@@H](N)CCC(=O)[O-].[Na+]. The second-order valence-electron chi connectivity index (χ2n) is 9.40. The van der Waals surface area contributed by atoms with E-state index < -0.39 is 18.0 Å². The van der Waals surface area contributed by atoms with E-state index in [0.29, 0.717) is 6.61 Å². The van der Waals surface area contributed by atoms with Crippen LogP contribution in [0.15, 0.2) is 0 Å². The molecule has 0 aliphatic rings. The van der Waals surface area contributed by atoms with E-state index in [1.807, 2.05) is 0 Å². The molecule has 0 aliphatic carbocycles. The molecule has 0 heterocycles. The summed E-state index contributed by atoms with van der Waals surface area (Å²) in [5, 5.41) is 10.4. The molecule has 0 radical (unpaired) electrons. The monoisotopic (exact) mass is 477 g/mol. The summed E-state index contributed by atoms with van der Waals surface area (Å²) in [4.78, 5) is 22.0. The first-order valence-corrected chi connectivity index (χ1v) is 13.7. The van der Waals surface area contributed by atoms with Crippen molar-refractivity contribution in [3.63, 3.8) is 0 Å². The molecule has 0 aliphatic heterocycles. The van der Waals surface area contributed by atoms with Gasteiger partial charge in [0.15, 0.2) is 0 Å². The van der Waals surface area contributed by atoms with Gasteiger partial charge in [0.25, 0.3) is 0 Å². The molecule has 0 aromatic rings. The molecule has 1 atom stereocenters. The van der Waals surface area contributed by atoms with Gasteiger partial charge in [-0.05, 0) is 19.3 Å². The fourth-order valence-corrected chi connectivity index (χ4v) is 4.03. The smallest absolute Gasteiger partial charge is 0.550 e. The van der Waals surface area contributed by atoms with Crippen molar-refractivity contribution in [1.29, 1.82) is 0 Å². The number of hydrogen-bond donors (Lipinski definition) is 1. The van der Waals surface area contributed by atoms with Crippen molar-refractivity contribution in [2.24, 2.45) is 5.73 Å². The Morgan fingerprint density at radius 1 is 0.667 bits per heavy atom. The van der Waals surface area contributed by atoms with Crippen LogP contribution in [-0.4, -0.2) is 24.6 Å². The van der Waals surface area contributed by atoms with Gasteiger partial charge < -0.3 is 20.4 Å². The van der Waals surface area contributed by atoms with Gasteiger partial charge in [-0.2, -0.15) is 0 Å². The molecule has 0 aromatic carbocycles. The molecule has 33 heavy (non-hydrogen) atoms. The van der Waals surface area contributed by atoms with Crippen molar-refractivity contribution >= 4 is 11.9 Å². The normalized spacial score (nSPS) is 11.7. The summed E-state index contributed by atoms with van der Waals surface area (Å²) < 4.78 is 5.10. The maximum atomic E-state index is 11.6. The number of unbranched alkanes of at least 4 members (excludes halogenated alkanes) is 19. The first-order valence-electron chi connectivity index (χ1n) is 13.7. The van der Waals surface area contributed by atoms with E-state index in [-0.39, 0.29) is 42.4 Å². The van der Waals surface area contributed by atoms with Crippen molar-refractivity contribution in [3.8, 4) is 0 Å². The zero-order valence-electron chi connectivity index (χ0n) is 22.1. The van der Waals surface area contributed by atoms with E-state index in [4.69, 9.17) is 10.5 Å². The molecule has 0 bridgehead atoms. The summed E-state index contributed by atoms with van der Waals surface area (Å²) in [5.74, 6) is -1.70. The molecule has 0 fully saturated rings. The first-order chi connectivity index (χ1) is 15.6. The van der Waals surface area contributed by atoms with Gasteiger partial charge in [0, 0.05) is 5.97 Å². The third-order valence-corrected chi connectivity index (χ3v) is 6.20. The van der Waals surface area contributed by atoms with Gasteiger partial charge in [-0.15, -0.1) is 0 Å². The van der Waals surface area contributed by atoms with Crippen molar-refractivity contribution in [2.75, 3.05) is 6.61 Å². The van der Waals surface area contributed by atoms with Crippen LogP contribution in [-0.2, 0) is 14.3 Å². The second kappa shape index (κ2) is 28.1. The predicted octanol–water partition coefficient (Wildman–Crippen LogP) is 3.21. The molecule has 5 nitrogen and oxygen atoms in total. The minimum Gasteiger partial charge on any atom is -0.550 e. The fraction of sp³-hybridized carbons (Fsp3) is 0.926. The Morgan fingerprint density at radius 3 is 1.33 bits per heavy atom. The Balaban J connectivity index is 0. The van der Waals surface area contributed by atoms with Gasteiger partial charge in [-0.1, -0.05) is 129 Å². The minimum atomic E-state index is -1.19. The average Bonchev–Trinajstić information content (AvgIpc) is 2.78. The largest absolute Gasteiger partial charge is 1.00 e. The van der Waals surface area contributed by atoms with Crippen LogP contribution in [0.2, 0.25) is 0 Å². The predicted molar refractivity (Wildman–Crippen MR) is 131 cm³/mol. The van der Waals surface area contributed by atoms with Crippen molar-refractivity contribution in [1.82, 2.24) is 0 Å². The summed E-state index contributed by atoms with van der Waals surface area (Å²) in [5.41, 5.74) is 5.59. The standard InChI is InChI=1S/C27H53NO4.Na/c1-2-3-4-5-6-7-8-9-10-11-12-13-14-15-16-17-18-19-20-21-24-32-27(31)25(28)22-23-26(29)30;/h25H,2-24,28H2,1H3,(H,29,30);/q;+1/p-1/t25-;/m0./s1. The van der Waals surface area contributed by atoms with Crippen molar-refractivity contribution in [2.45, 2.75) is 154 Å². The summed E-state index contributed by atoms with van der Waals surface area (Å²) in [7, 11) is 0. The van der Waals surface area contributed by atoms with Crippen LogP contribution in [0.25, 0.3) is 0 Å². The maximum absolute atomic E-state index is 11.6. The Kier molecular flexibility index (Phi) is 29.9. The summed E-state index contributed by atoms with van der Waals surface area (Å²) >= 11 is 0. The average molecular weight is 478 g/mol. The summed E-state index contributed by atoms with van der Waals surface area (Å²) in [6, 6.07) is -0.863. The number of esters is 1. The number of carboxylic acids is 1. The number of carboxylic acid groups (broad SMARTS) is 1. The van der Waals surface area contributed by atoms with Gasteiger partial charge in [-0.25, -0.2) is 0 Å². The Morgan fingerprint density at radius 2 is 1.00 bits per heavy atom. The van der Waals surface area contributed by atoms with Crippen LogP contribution < -0.4 is 40.4 Å². The number of nitrogens with two attached hydrogens (primary N) is 1. The van der Waals surface area contributed by atoms with Gasteiger partial charge in [0.05, 0.1) is 6.61 Å². The van der Waals surface area contributed by atoms with E-state index in [1.165, 1.54) is 116 Å². The number of hydrogen-bond acceptors (Lipinski definition) is 5. The van der Waals surface area contributed by atoms with Crippen LogP contribution in [0.3, 0.4) is 0 Å². The van der Waals surface area contributed by atoms with Crippen molar-refractivity contribution < 1.29 is 49.0 Å². The molecular weight excluding hydrogens is 425 g/mol. The first kappa shape index (κ1) is 35.1. The zero-order chi connectivity index (χ0) is 23.7. The fourth-order valence-electron chi connectivity index (χ4n) is 4.03. The quantitative estimate of drug-likeness (QED) is 0.124. The molecule has 0 spiro atoms. The molecule has 6 heteroatoms. The van der Waals surface area contributed by atoms with Crippen molar-refractivity contribution in [3.05, 3.63) is 0 Å². The Labute approximate surface area is 226 Å². The van der Waals surface area contributed by atoms with E-state index in [9.17, 15) is 14.7 Å². The van der Waals surface area contributed by atoms with E-state index in [0.717, 1.165) is 12.8 Å². The third-order valence-electron chi connectivity index (χ3n) is 6.20. The summed E-state index contributed by atoms with van der Waals surface area (Å²) in [6.45, 7) is 2.65. The van der Waals surface area contributed by atoms with Gasteiger partial charge in [0.2, 0.25) is 0 Å². The molecule has 0 aromatic heterocycles. The van der Waals surface area contributed by atoms with Gasteiger partial charge >= 0.3 is 35.5 Å².